The van der Waals surface area contributed by atoms with Gasteiger partial charge in [0.05, 0.1) is 19.1 Å². The lowest BCUT2D eigenvalue weighted by molar-refractivity contribution is -0.126. The monoisotopic (exact) mass is 329 g/mol. The van der Waals surface area contributed by atoms with E-state index in [2.05, 4.69) is 0 Å². The van der Waals surface area contributed by atoms with Gasteiger partial charge in [-0.25, -0.2) is 0 Å². The Labute approximate surface area is 147 Å². The van der Waals surface area contributed by atoms with Gasteiger partial charge in [0.2, 0.25) is 5.91 Å². The van der Waals surface area contributed by atoms with Crippen LogP contribution in [0, 0.1) is 0 Å². The highest BCUT2D eigenvalue weighted by Gasteiger charge is 2.49. The second kappa shape index (κ2) is 6.44. The van der Waals surface area contributed by atoms with Gasteiger partial charge in [0, 0.05) is 5.69 Å². The van der Waals surface area contributed by atoms with Gasteiger partial charge in [-0.15, -0.1) is 0 Å². The molecule has 0 N–H and O–H groups in total. The van der Waals surface area contributed by atoms with Crippen molar-refractivity contribution in [3.63, 3.8) is 0 Å². The van der Waals surface area contributed by atoms with Crippen LogP contribution in [-0.4, -0.2) is 13.0 Å². The van der Waals surface area contributed by atoms with Crippen molar-refractivity contribution in [1.29, 1.82) is 0 Å². The van der Waals surface area contributed by atoms with E-state index in [9.17, 15) is 4.79 Å². The molecule has 4 rings (SSSR count). The van der Waals surface area contributed by atoms with E-state index < -0.39 is 0 Å². The molecule has 0 aliphatic carbocycles. The first-order chi connectivity index (χ1) is 12.3. The molecule has 0 aromatic heterocycles. The average molecular weight is 329 g/mol. The minimum absolute atomic E-state index is 0.0109. The van der Waals surface area contributed by atoms with Crippen molar-refractivity contribution in [2.75, 3.05) is 12.0 Å². The fraction of sp³-hybridized carbons (Fsp3) is 0.136. The van der Waals surface area contributed by atoms with Crippen LogP contribution in [0.1, 0.15) is 23.1 Å². The number of methoxy groups -OCH3 is 1. The van der Waals surface area contributed by atoms with Gasteiger partial charge in [-0.1, -0.05) is 60.7 Å². The van der Waals surface area contributed by atoms with Gasteiger partial charge < -0.3 is 9.64 Å². The maximum Gasteiger partial charge on any atom is 0.237 e. The summed E-state index contributed by atoms with van der Waals surface area (Å²) in [5.74, 6) is 0.796. The van der Waals surface area contributed by atoms with Crippen molar-refractivity contribution in [2.45, 2.75) is 12.0 Å². The average Bonchev–Trinajstić information content (AvgIpc) is 2.68. The fourth-order valence-electron chi connectivity index (χ4n) is 3.49. The number of rotatable bonds is 4. The summed E-state index contributed by atoms with van der Waals surface area (Å²) >= 11 is 0. The van der Waals surface area contributed by atoms with Gasteiger partial charge in [0.15, 0.2) is 0 Å². The van der Waals surface area contributed by atoms with Crippen molar-refractivity contribution in [3.05, 3.63) is 96.1 Å². The third-order valence-corrected chi connectivity index (χ3v) is 4.75. The number of hydrogen-bond acceptors (Lipinski definition) is 2. The number of para-hydroxylation sites is 1. The number of carbonyl (C=O) groups excluding carboxylic acids is 1. The first-order valence-corrected chi connectivity index (χ1v) is 8.36. The normalized spacial score (nSPS) is 19.4. The van der Waals surface area contributed by atoms with Crippen molar-refractivity contribution >= 4 is 11.6 Å². The minimum atomic E-state index is -0.158. The number of β-lactam (4-membered cyclic amide) rings is 1. The van der Waals surface area contributed by atoms with E-state index in [0.717, 1.165) is 22.6 Å². The largest absolute Gasteiger partial charge is 0.497 e. The van der Waals surface area contributed by atoms with Crippen molar-refractivity contribution in [2.24, 2.45) is 0 Å². The van der Waals surface area contributed by atoms with Crippen LogP contribution in [0.25, 0.3) is 0 Å². The minimum Gasteiger partial charge on any atom is -0.497 e. The molecular weight excluding hydrogens is 310 g/mol. The van der Waals surface area contributed by atoms with Crippen LogP contribution in [0.5, 0.6) is 5.75 Å². The summed E-state index contributed by atoms with van der Waals surface area (Å²) in [6.45, 7) is 0. The van der Waals surface area contributed by atoms with E-state index in [1.54, 1.807) is 7.11 Å². The molecule has 1 saturated heterocycles. The second-order valence-electron chi connectivity index (χ2n) is 6.15. The third-order valence-electron chi connectivity index (χ3n) is 4.75. The molecule has 1 heterocycles. The smallest absolute Gasteiger partial charge is 0.237 e. The molecule has 1 amide bonds. The van der Waals surface area contributed by atoms with Gasteiger partial charge in [0.1, 0.15) is 5.75 Å². The molecule has 3 aromatic carbocycles. The highest BCUT2D eigenvalue weighted by atomic mass is 16.5. The molecule has 1 aliphatic rings. The summed E-state index contributed by atoms with van der Waals surface area (Å²) in [6.07, 6.45) is 0. The topological polar surface area (TPSA) is 29.5 Å². The predicted molar refractivity (Wildman–Crippen MR) is 98.8 cm³/mol. The van der Waals surface area contributed by atoms with Gasteiger partial charge >= 0.3 is 0 Å². The van der Waals surface area contributed by atoms with Gasteiger partial charge in [-0.2, -0.15) is 0 Å². The Bertz CT molecular complexity index is 810. The number of carbonyl (C=O) groups is 1. The lowest BCUT2D eigenvalue weighted by Gasteiger charge is -2.47. The Balaban J connectivity index is 1.76. The quantitative estimate of drug-likeness (QED) is 0.656. The van der Waals surface area contributed by atoms with Crippen LogP contribution in [-0.2, 0) is 4.79 Å². The SMILES string of the molecule is COc1ccc([C@@H]2[C@H](c3ccccc3)C(=O)N2c2ccccc2)cc1. The van der Waals surface area contributed by atoms with E-state index in [-0.39, 0.29) is 17.9 Å². The Morgan fingerprint density at radius 2 is 1.36 bits per heavy atom. The molecule has 3 aromatic rings. The molecule has 0 bridgehead atoms. The number of hydrogen-bond donors (Lipinski definition) is 0. The van der Waals surface area contributed by atoms with Crippen LogP contribution in [0.15, 0.2) is 84.9 Å². The molecule has 0 saturated carbocycles. The molecule has 25 heavy (non-hydrogen) atoms. The van der Waals surface area contributed by atoms with Gasteiger partial charge in [-0.3, -0.25) is 4.79 Å². The van der Waals surface area contributed by atoms with Gasteiger partial charge in [0.25, 0.3) is 0 Å². The summed E-state index contributed by atoms with van der Waals surface area (Å²) in [5.41, 5.74) is 3.10. The first kappa shape index (κ1) is 15.5. The molecule has 0 spiro atoms. The standard InChI is InChI=1S/C22H19NO2/c1-25-19-14-12-17(13-15-19)21-20(16-8-4-2-5-9-16)22(24)23(21)18-10-6-3-7-11-18/h2-15,20-21H,1H3/t20-,21+/m0/s1. The number of amides is 1. The maximum atomic E-state index is 13.0. The van der Waals surface area contributed by atoms with Crippen LogP contribution in [0.4, 0.5) is 5.69 Å². The lowest BCUT2D eigenvalue weighted by Crippen LogP contribution is -2.53. The van der Waals surface area contributed by atoms with Crippen LogP contribution in [0.2, 0.25) is 0 Å². The summed E-state index contributed by atoms with van der Waals surface area (Å²) < 4.78 is 5.26. The Morgan fingerprint density at radius 3 is 1.96 bits per heavy atom. The number of ether oxygens (including phenoxy) is 1. The van der Waals surface area contributed by atoms with Crippen molar-refractivity contribution in [3.8, 4) is 5.75 Å². The van der Waals surface area contributed by atoms with Crippen LogP contribution in [0.3, 0.4) is 0 Å². The molecule has 0 unspecified atom stereocenters. The summed E-state index contributed by atoms with van der Waals surface area (Å²) in [7, 11) is 1.66. The molecule has 3 nitrogen and oxygen atoms in total. The maximum absolute atomic E-state index is 13.0. The highest BCUT2D eigenvalue weighted by Crippen LogP contribution is 2.48. The Morgan fingerprint density at radius 1 is 0.760 bits per heavy atom. The van der Waals surface area contributed by atoms with E-state index in [1.807, 2.05) is 89.8 Å². The number of anilines is 1. The van der Waals surface area contributed by atoms with E-state index in [1.165, 1.54) is 0 Å². The zero-order chi connectivity index (χ0) is 17.2. The summed E-state index contributed by atoms with van der Waals surface area (Å²) in [4.78, 5) is 14.9. The Hall–Kier alpha value is -3.07. The number of benzene rings is 3. The summed E-state index contributed by atoms with van der Waals surface area (Å²) in [6, 6.07) is 27.8. The zero-order valence-corrected chi connectivity index (χ0v) is 14.0. The Kier molecular flexibility index (Phi) is 3.98. The molecule has 1 fully saturated rings. The zero-order valence-electron chi connectivity index (χ0n) is 14.0. The fourth-order valence-corrected chi connectivity index (χ4v) is 3.49. The molecule has 2 atom stereocenters. The molecule has 124 valence electrons. The lowest BCUT2D eigenvalue weighted by atomic mass is 9.77. The van der Waals surface area contributed by atoms with Gasteiger partial charge in [-0.05, 0) is 35.4 Å². The first-order valence-electron chi connectivity index (χ1n) is 8.36. The van der Waals surface area contributed by atoms with E-state index in [4.69, 9.17) is 4.74 Å². The molecular formula is C22H19NO2. The number of nitrogens with zero attached hydrogens (tertiary/aromatic N) is 1. The van der Waals surface area contributed by atoms with E-state index >= 15 is 0 Å². The molecule has 0 radical (unpaired) electrons. The van der Waals surface area contributed by atoms with Crippen molar-refractivity contribution in [1.82, 2.24) is 0 Å². The highest BCUT2D eigenvalue weighted by molar-refractivity contribution is 6.06. The van der Waals surface area contributed by atoms with E-state index in [0.29, 0.717) is 0 Å². The summed E-state index contributed by atoms with van der Waals surface area (Å²) in [5, 5.41) is 0. The van der Waals surface area contributed by atoms with Crippen LogP contribution >= 0.6 is 0 Å². The predicted octanol–water partition coefficient (Wildman–Crippen LogP) is 4.57. The molecule has 1 aliphatic heterocycles. The van der Waals surface area contributed by atoms with Crippen molar-refractivity contribution < 1.29 is 9.53 Å². The second-order valence-corrected chi connectivity index (χ2v) is 6.15. The third kappa shape index (κ3) is 2.68. The molecule has 3 heteroatoms. The van der Waals surface area contributed by atoms with Crippen LogP contribution < -0.4 is 9.64 Å².